The van der Waals surface area contributed by atoms with Gasteiger partial charge in [0.2, 0.25) is 0 Å². The molecule has 0 aliphatic heterocycles. The maximum absolute atomic E-state index is 9.40. The summed E-state index contributed by atoms with van der Waals surface area (Å²) in [6.07, 6.45) is 8.25. The zero-order chi connectivity index (χ0) is 12.9. The van der Waals surface area contributed by atoms with Gasteiger partial charge in [-0.2, -0.15) is 0 Å². The van der Waals surface area contributed by atoms with Crippen LogP contribution in [0.25, 0.3) is 0 Å². The van der Waals surface area contributed by atoms with Crippen molar-refractivity contribution in [2.45, 2.75) is 44.6 Å². The van der Waals surface area contributed by atoms with E-state index in [-0.39, 0.29) is 0 Å². The number of benzene rings is 1. The van der Waals surface area contributed by atoms with Crippen molar-refractivity contribution in [1.82, 2.24) is 5.32 Å². The maximum atomic E-state index is 9.40. The molecule has 2 N–H and O–H groups in total. The average molecular weight is 257 g/mol. The zero-order valence-corrected chi connectivity index (χ0v) is 11.4. The second kappa shape index (κ2) is 4.24. The van der Waals surface area contributed by atoms with Crippen molar-refractivity contribution in [3.05, 3.63) is 29.8 Å². The van der Waals surface area contributed by atoms with Crippen LogP contribution < -0.4 is 5.32 Å². The summed E-state index contributed by atoms with van der Waals surface area (Å²) in [6.45, 7) is 1.20. The van der Waals surface area contributed by atoms with Crippen molar-refractivity contribution in [1.29, 1.82) is 0 Å². The second-order valence-electron chi connectivity index (χ2n) is 7.16. The van der Waals surface area contributed by atoms with Gasteiger partial charge in [-0.3, -0.25) is 0 Å². The predicted octanol–water partition coefficient (Wildman–Crippen LogP) is 3.10. The van der Waals surface area contributed by atoms with Gasteiger partial charge < -0.3 is 10.4 Å². The molecule has 0 radical (unpaired) electrons. The Morgan fingerprint density at radius 3 is 2.42 bits per heavy atom. The number of phenols is 1. The Bertz CT molecular complexity index is 453. The lowest BCUT2D eigenvalue weighted by Crippen LogP contribution is -2.36. The third kappa shape index (κ3) is 2.51. The van der Waals surface area contributed by atoms with Crippen molar-refractivity contribution in [3.63, 3.8) is 0 Å². The van der Waals surface area contributed by atoms with E-state index in [9.17, 15) is 5.11 Å². The molecule has 4 rings (SSSR count). The van der Waals surface area contributed by atoms with Crippen molar-refractivity contribution < 1.29 is 5.11 Å². The molecule has 3 aliphatic rings. The van der Waals surface area contributed by atoms with Gasteiger partial charge in [-0.05, 0) is 73.5 Å². The normalized spacial score (nSPS) is 36.2. The molecule has 2 nitrogen and oxygen atoms in total. The fourth-order valence-corrected chi connectivity index (χ4v) is 4.05. The van der Waals surface area contributed by atoms with Crippen LogP contribution in [0.3, 0.4) is 0 Å². The quantitative estimate of drug-likeness (QED) is 0.849. The molecule has 2 unspecified atom stereocenters. The second-order valence-corrected chi connectivity index (χ2v) is 7.16. The van der Waals surface area contributed by atoms with E-state index in [1.807, 2.05) is 12.1 Å². The fourth-order valence-electron chi connectivity index (χ4n) is 4.05. The molecule has 2 atom stereocenters. The third-order valence-corrected chi connectivity index (χ3v) is 5.32. The molecule has 3 saturated carbocycles. The topological polar surface area (TPSA) is 32.3 Å². The van der Waals surface area contributed by atoms with Gasteiger partial charge in [0.15, 0.2) is 0 Å². The van der Waals surface area contributed by atoms with E-state index in [1.165, 1.54) is 50.6 Å². The Morgan fingerprint density at radius 2 is 1.79 bits per heavy atom. The van der Waals surface area contributed by atoms with Gasteiger partial charge in [-0.1, -0.05) is 12.1 Å². The van der Waals surface area contributed by atoms with Crippen LogP contribution in [0.1, 0.15) is 37.7 Å². The van der Waals surface area contributed by atoms with Crippen LogP contribution >= 0.6 is 0 Å². The zero-order valence-electron chi connectivity index (χ0n) is 11.4. The molecule has 0 heterocycles. The standard InChI is InChI=1S/C17H23NO/c19-16-5-1-12(2-6-16)8-17(11-18-15-3-4-15)9-13-7-14(13)10-17/h1-2,5-6,13-15,18-19H,3-4,7-11H2. The summed E-state index contributed by atoms with van der Waals surface area (Å²) in [5.41, 5.74) is 1.88. The first kappa shape index (κ1) is 11.8. The maximum Gasteiger partial charge on any atom is 0.115 e. The van der Waals surface area contributed by atoms with Crippen LogP contribution in [0.2, 0.25) is 0 Å². The highest BCUT2D eigenvalue weighted by Crippen LogP contribution is 2.60. The summed E-state index contributed by atoms with van der Waals surface area (Å²) < 4.78 is 0. The molecule has 0 bridgehead atoms. The summed E-state index contributed by atoms with van der Waals surface area (Å²) in [5, 5.41) is 13.2. The lowest BCUT2D eigenvalue weighted by Gasteiger charge is -2.32. The molecular formula is C17H23NO. The van der Waals surface area contributed by atoms with E-state index < -0.39 is 0 Å². The van der Waals surface area contributed by atoms with E-state index >= 15 is 0 Å². The fraction of sp³-hybridized carbons (Fsp3) is 0.647. The number of rotatable bonds is 5. The molecule has 3 fully saturated rings. The highest BCUT2D eigenvalue weighted by atomic mass is 16.3. The smallest absolute Gasteiger partial charge is 0.115 e. The van der Waals surface area contributed by atoms with Crippen LogP contribution in [-0.4, -0.2) is 17.7 Å². The van der Waals surface area contributed by atoms with Crippen molar-refractivity contribution >= 4 is 0 Å². The largest absolute Gasteiger partial charge is 0.508 e. The average Bonchev–Trinajstić information content (AvgIpc) is 3.31. The SMILES string of the molecule is Oc1ccc(CC2(CNC3CC3)CC3CC3C2)cc1. The number of phenolic OH excluding ortho intramolecular Hbond substituents is 1. The molecular weight excluding hydrogens is 234 g/mol. The van der Waals surface area contributed by atoms with Gasteiger partial charge in [0.1, 0.15) is 5.75 Å². The third-order valence-electron chi connectivity index (χ3n) is 5.32. The minimum Gasteiger partial charge on any atom is -0.508 e. The van der Waals surface area contributed by atoms with Gasteiger partial charge in [0, 0.05) is 12.6 Å². The molecule has 0 amide bonds. The van der Waals surface area contributed by atoms with Crippen LogP contribution in [-0.2, 0) is 6.42 Å². The molecule has 19 heavy (non-hydrogen) atoms. The first-order valence-electron chi connectivity index (χ1n) is 7.74. The number of hydrogen-bond donors (Lipinski definition) is 2. The summed E-state index contributed by atoms with van der Waals surface area (Å²) in [4.78, 5) is 0. The summed E-state index contributed by atoms with van der Waals surface area (Å²) in [5.74, 6) is 2.43. The molecule has 2 heteroatoms. The monoisotopic (exact) mass is 257 g/mol. The van der Waals surface area contributed by atoms with Crippen LogP contribution in [0.4, 0.5) is 0 Å². The van der Waals surface area contributed by atoms with E-state index in [2.05, 4.69) is 17.4 Å². The van der Waals surface area contributed by atoms with E-state index in [1.54, 1.807) is 0 Å². The van der Waals surface area contributed by atoms with Gasteiger partial charge in [-0.25, -0.2) is 0 Å². The molecule has 0 aromatic heterocycles. The minimum atomic E-state index is 0.378. The van der Waals surface area contributed by atoms with Gasteiger partial charge in [-0.15, -0.1) is 0 Å². The molecule has 102 valence electrons. The number of fused-ring (bicyclic) bond motifs is 1. The van der Waals surface area contributed by atoms with E-state index in [4.69, 9.17) is 0 Å². The number of aromatic hydroxyl groups is 1. The molecule has 3 aliphatic carbocycles. The van der Waals surface area contributed by atoms with Crippen molar-refractivity contribution in [2.24, 2.45) is 17.3 Å². The Hall–Kier alpha value is -1.02. The lowest BCUT2D eigenvalue weighted by atomic mass is 9.77. The van der Waals surface area contributed by atoms with E-state index in [0.29, 0.717) is 11.2 Å². The minimum absolute atomic E-state index is 0.378. The highest BCUT2D eigenvalue weighted by Gasteiger charge is 2.53. The summed E-state index contributed by atoms with van der Waals surface area (Å²) in [6, 6.07) is 8.66. The van der Waals surface area contributed by atoms with Gasteiger partial charge in [0.05, 0.1) is 0 Å². The highest BCUT2D eigenvalue weighted by molar-refractivity contribution is 5.27. The number of hydrogen-bond acceptors (Lipinski definition) is 2. The summed E-state index contributed by atoms with van der Waals surface area (Å²) in [7, 11) is 0. The van der Waals surface area contributed by atoms with Crippen LogP contribution in [0.5, 0.6) is 5.75 Å². The van der Waals surface area contributed by atoms with E-state index in [0.717, 1.165) is 17.9 Å². The molecule has 0 saturated heterocycles. The molecule has 1 aromatic carbocycles. The van der Waals surface area contributed by atoms with Gasteiger partial charge >= 0.3 is 0 Å². The van der Waals surface area contributed by atoms with Gasteiger partial charge in [0.25, 0.3) is 0 Å². The van der Waals surface area contributed by atoms with Crippen LogP contribution in [0.15, 0.2) is 24.3 Å². The Morgan fingerprint density at radius 1 is 1.11 bits per heavy atom. The Kier molecular flexibility index (Phi) is 2.63. The first-order chi connectivity index (χ1) is 9.22. The molecule has 0 spiro atoms. The first-order valence-corrected chi connectivity index (χ1v) is 7.74. The Balaban J connectivity index is 1.47. The molecule has 1 aromatic rings. The van der Waals surface area contributed by atoms with Crippen LogP contribution in [0, 0.1) is 17.3 Å². The lowest BCUT2D eigenvalue weighted by molar-refractivity contribution is 0.247. The predicted molar refractivity (Wildman–Crippen MR) is 76.1 cm³/mol. The number of nitrogens with one attached hydrogen (secondary N) is 1. The Labute approximate surface area is 115 Å². The summed E-state index contributed by atoms with van der Waals surface area (Å²) >= 11 is 0. The van der Waals surface area contributed by atoms with Crippen molar-refractivity contribution in [2.75, 3.05) is 6.54 Å². The van der Waals surface area contributed by atoms with Crippen molar-refractivity contribution in [3.8, 4) is 5.75 Å².